The Morgan fingerprint density at radius 1 is 1.17 bits per heavy atom. The maximum Gasteiger partial charge on any atom is 0.337 e. The molecule has 1 N–H and O–H groups in total. The number of benzene rings is 2. The number of fused-ring (bicyclic) bond motifs is 1. The van der Waals surface area contributed by atoms with E-state index in [1.165, 1.54) is 5.38 Å². The van der Waals surface area contributed by atoms with E-state index in [2.05, 4.69) is 0 Å². The summed E-state index contributed by atoms with van der Waals surface area (Å²) in [5.41, 5.74) is 1.40. The van der Waals surface area contributed by atoms with Crippen molar-refractivity contribution in [3.8, 4) is 0 Å². The lowest BCUT2D eigenvalue weighted by molar-refractivity contribution is -0.117. The molecule has 5 nitrogen and oxygen atoms in total. The van der Waals surface area contributed by atoms with Crippen LogP contribution in [0.3, 0.4) is 0 Å². The molecule has 0 saturated heterocycles. The fraction of sp³-hybridized carbons (Fsp3) is 0.0952. The number of nitrogens with zero attached hydrogens (tertiary/aromatic N) is 1. The number of imide groups is 1. The number of anilines is 1. The standard InChI is InChI=1S/C21H14ClNO4S2/c22-15-7-6-13(28-10-12-4-2-1-3-5-12)8-16(15)23-18(24)9-17-19(20(23)25)14(11-29-17)21(26)27/h1-8,11H,9-10H2,(H,26,27). The topological polar surface area (TPSA) is 74.7 Å². The Balaban J connectivity index is 1.66. The summed E-state index contributed by atoms with van der Waals surface area (Å²) in [7, 11) is 0. The quantitative estimate of drug-likeness (QED) is 0.437. The van der Waals surface area contributed by atoms with E-state index in [0.29, 0.717) is 4.88 Å². The van der Waals surface area contributed by atoms with E-state index in [-0.39, 0.29) is 28.3 Å². The molecule has 1 aliphatic heterocycles. The van der Waals surface area contributed by atoms with Gasteiger partial charge in [-0.2, -0.15) is 0 Å². The van der Waals surface area contributed by atoms with Gasteiger partial charge in [0.15, 0.2) is 0 Å². The summed E-state index contributed by atoms with van der Waals surface area (Å²) in [6, 6.07) is 15.1. The molecular formula is C21H14ClNO4S2. The van der Waals surface area contributed by atoms with Crippen LogP contribution < -0.4 is 4.90 Å². The Morgan fingerprint density at radius 3 is 2.66 bits per heavy atom. The van der Waals surface area contributed by atoms with Crippen molar-refractivity contribution in [1.29, 1.82) is 0 Å². The van der Waals surface area contributed by atoms with Gasteiger partial charge in [0, 0.05) is 20.9 Å². The molecule has 0 fully saturated rings. The second kappa shape index (κ2) is 8.02. The summed E-state index contributed by atoms with van der Waals surface area (Å²) in [6.45, 7) is 0. The average Bonchev–Trinajstić information content (AvgIpc) is 3.13. The molecule has 8 heteroatoms. The molecule has 0 spiro atoms. The van der Waals surface area contributed by atoms with Gasteiger partial charge in [0.05, 0.1) is 28.3 Å². The van der Waals surface area contributed by atoms with Gasteiger partial charge in [-0.05, 0) is 23.8 Å². The van der Waals surface area contributed by atoms with Crippen molar-refractivity contribution in [1.82, 2.24) is 0 Å². The molecule has 0 unspecified atom stereocenters. The number of rotatable bonds is 5. The van der Waals surface area contributed by atoms with E-state index >= 15 is 0 Å². The van der Waals surface area contributed by atoms with Gasteiger partial charge in [-0.15, -0.1) is 23.1 Å². The lowest BCUT2D eigenvalue weighted by Gasteiger charge is -2.26. The molecule has 29 heavy (non-hydrogen) atoms. The van der Waals surface area contributed by atoms with Crippen LogP contribution >= 0.6 is 34.7 Å². The molecule has 0 atom stereocenters. The van der Waals surface area contributed by atoms with Gasteiger partial charge in [0.25, 0.3) is 5.91 Å². The number of thiophene rings is 1. The zero-order chi connectivity index (χ0) is 20.5. The SMILES string of the molecule is O=C(O)c1csc2c1C(=O)N(c1cc(SCc3ccccc3)ccc1Cl)C(=O)C2. The first kappa shape index (κ1) is 19.7. The van der Waals surface area contributed by atoms with Gasteiger partial charge >= 0.3 is 5.97 Å². The van der Waals surface area contributed by atoms with Crippen LogP contribution in [-0.2, 0) is 17.0 Å². The fourth-order valence-corrected chi connectivity index (χ4v) is 5.19. The number of hydrogen-bond acceptors (Lipinski definition) is 5. The molecule has 4 rings (SSSR count). The smallest absolute Gasteiger partial charge is 0.337 e. The van der Waals surface area contributed by atoms with E-state index in [1.807, 2.05) is 36.4 Å². The fourth-order valence-electron chi connectivity index (χ4n) is 3.10. The second-order valence-corrected chi connectivity index (χ2v) is 8.77. The lowest BCUT2D eigenvalue weighted by atomic mass is 10.0. The van der Waals surface area contributed by atoms with Gasteiger partial charge in [-0.1, -0.05) is 41.9 Å². The number of carbonyl (C=O) groups excluding carboxylic acids is 2. The summed E-state index contributed by atoms with van der Waals surface area (Å²) in [5, 5.41) is 11.0. The number of thioether (sulfide) groups is 1. The molecule has 1 aliphatic rings. The van der Waals surface area contributed by atoms with Gasteiger partial charge in [0.2, 0.25) is 5.91 Å². The van der Waals surface area contributed by atoms with Crippen LogP contribution in [0.4, 0.5) is 5.69 Å². The first-order valence-electron chi connectivity index (χ1n) is 8.63. The van der Waals surface area contributed by atoms with Gasteiger partial charge in [-0.3, -0.25) is 9.59 Å². The van der Waals surface area contributed by atoms with Crippen LogP contribution in [0.15, 0.2) is 58.8 Å². The molecule has 0 saturated carbocycles. The molecule has 2 aromatic carbocycles. The second-order valence-electron chi connectivity index (χ2n) is 6.35. The minimum atomic E-state index is -1.19. The Hall–Kier alpha value is -2.61. The third kappa shape index (κ3) is 3.81. The third-order valence-electron chi connectivity index (χ3n) is 4.48. The first-order chi connectivity index (χ1) is 14.0. The summed E-state index contributed by atoms with van der Waals surface area (Å²) in [5.74, 6) is -1.54. The molecule has 2 heterocycles. The maximum absolute atomic E-state index is 13.0. The number of carboxylic acids is 1. The maximum atomic E-state index is 13.0. The van der Waals surface area contributed by atoms with Crippen molar-refractivity contribution in [2.24, 2.45) is 0 Å². The summed E-state index contributed by atoms with van der Waals surface area (Å²) in [6.07, 6.45) is -0.0310. The summed E-state index contributed by atoms with van der Waals surface area (Å²) in [4.78, 5) is 39.5. The zero-order valence-corrected chi connectivity index (χ0v) is 17.3. The van der Waals surface area contributed by atoms with Crippen LogP contribution in [0.25, 0.3) is 0 Å². The number of carbonyl (C=O) groups is 3. The largest absolute Gasteiger partial charge is 0.478 e. The highest BCUT2D eigenvalue weighted by Gasteiger charge is 2.37. The highest BCUT2D eigenvalue weighted by atomic mass is 35.5. The van der Waals surface area contributed by atoms with Crippen molar-refractivity contribution < 1.29 is 19.5 Å². The molecule has 3 aromatic rings. The lowest BCUT2D eigenvalue weighted by Crippen LogP contribution is -2.42. The Kier molecular flexibility index (Phi) is 5.45. The van der Waals surface area contributed by atoms with Gasteiger partial charge < -0.3 is 5.11 Å². The minimum absolute atomic E-state index is 0.0310. The van der Waals surface area contributed by atoms with Gasteiger partial charge in [-0.25, -0.2) is 9.69 Å². The van der Waals surface area contributed by atoms with Crippen molar-refractivity contribution >= 4 is 58.2 Å². The van der Waals surface area contributed by atoms with E-state index < -0.39 is 17.8 Å². The molecule has 0 aliphatic carbocycles. The Morgan fingerprint density at radius 2 is 1.93 bits per heavy atom. The number of amides is 2. The number of carboxylic acid groups (broad SMARTS) is 1. The Labute approximate surface area is 179 Å². The molecule has 146 valence electrons. The van der Waals surface area contributed by atoms with E-state index in [9.17, 15) is 19.5 Å². The predicted octanol–water partition coefficient (Wildman–Crippen LogP) is 5.12. The van der Waals surface area contributed by atoms with E-state index in [4.69, 9.17) is 11.6 Å². The first-order valence-corrected chi connectivity index (χ1v) is 10.9. The van der Waals surface area contributed by atoms with Crippen molar-refractivity contribution in [2.75, 3.05) is 4.90 Å². The molecular weight excluding hydrogens is 430 g/mol. The normalized spacial score (nSPS) is 13.5. The minimum Gasteiger partial charge on any atom is -0.478 e. The number of aromatic carboxylic acids is 1. The van der Waals surface area contributed by atoms with Crippen LogP contribution in [0.2, 0.25) is 5.02 Å². The number of hydrogen-bond donors (Lipinski definition) is 1. The molecule has 0 bridgehead atoms. The van der Waals surface area contributed by atoms with E-state index in [1.54, 1.807) is 23.9 Å². The third-order valence-corrected chi connectivity index (χ3v) is 6.85. The van der Waals surface area contributed by atoms with Crippen molar-refractivity contribution in [2.45, 2.75) is 17.1 Å². The van der Waals surface area contributed by atoms with Crippen LogP contribution in [0, 0.1) is 0 Å². The zero-order valence-electron chi connectivity index (χ0n) is 14.9. The molecule has 1 aromatic heterocycles. The molecule has 2 amide bonds. The summed E-state index contributed by atoms with van der Waals surface area (Å²) >= 11 is 8.98. The van der Waals surface area contributed by atoms with Crippen LogP contribution in [0.1, 0.15) is 31.2 Å². The Bertz CT molecular complexity index is 1130. The average molecular weight is 444 g/mol. The highest BCUT2D eigenvalue weighted by Crippen LogP contribution is 2.37. The summed E-state index contributed by atoms with van der Waals surface area (Å²) < 4.78 is 0. The monoisotopic (exact) mass is 443 g/mol. The van der Waals surface area contributed by atoms with Crippen molar-refractivity contribution in [3.05, 3.63) is 80.5 Å². The van der Waals surface area contributed by atoms with Crippen LogP contribution in [0.5, 0.6) is 0 Å². The van der Waals surface area contributed by atoms with Crippen molar-refractivity contribution in [3.63, 3.8) is 0 Å². The van der Waals surface area contributed by atoms with E-state index in [0.717, 1.165) is 32.4 Å². The number of halogens is 1. The van der Waals surface area contributed by atoms with Crippen LogP contribution in [-0.4, -0.2) is 22.9 Å². The van der Waals surface area contributed by atoms with Gasteiger partial charge in [0.1, 0.15) is 0 Å². The predicted molar refractivity (Wildman–Crippen MR) is 114 cm³/mol. The highest BCUT2D eigenvalue weighted by molar-refractivity contribution is 7.98. The molecule has 0 radical (unpaired) electrons.